The molecule has 0 radical (unpaired) electrons. The Morgan fingerprint density at radius 2 is 1.53 bits per heavy atom. The van der Waals surface area contributed by atoms with Gasteiger partial charge in [-0.25, -0.2) is 0 Å². The Labute approximate surface area is 178 Å². The molecule has 1 N–H and O–H groups in total. The molecule has 0 bridgehead atoms. The second-order valence-corrected chi connectivity index (χ2v) is 7.55. The maximum absolute atomic E-state index is 12.8. The minimum atomic E-state index is -0.0116. The number of aliphatic hydroxyl groups excluding tert-OH is 1. The van der Waals surface area contributed by atoms with Crippen molar-refractivity contribution in [3.63, 3.8) is 0 Å². The molecule has 0 aliphatic carbocycles. The lowest BCUT2D eigenvalue weighted by Gasteiger charge is -2.40. The second-order valence-electron chi connectivity index (χ2n) is 7.55. The Morgan fingerprint density at radius 3 is 2.03 bits per heavy atom. The van der Waals surface area contributed by atoms with Crippen molar-refractivity contribution in [1.82, 2.24) is 14.7 Å². The highest BCUT2D eigenvalue weighted by Gasteiger charge is 2.28. The molecule has 1 heterocycles. The van der Waals surface area contributed by atoms with Crippen molar-refractivity contribution in [3.8, 4) is 6.07 Å². The van der Waals surface area contributed by atoms with Gasteiger partial charge in [-0.1, -0.05) is 60.7 Å². The van der Waals surface area contributed by atoms with Gasteiger partial charge in [0.05, 0.1) is 25.3 Å². The minimum Gasteiger partial charge on any atom is -0.395 e. The molecule has 6 heteroatoms. The van der Waals surface area contributed by atoms with Gasteiger partial charge in [0.25, 0.3) is 0 Å². The summed E-state index contributed by atoms with van der Waals surface area (Å²) in [6.45, 7) is 4.13. The first kappa shape index (κ1) is 22.0. The fraction of sp³-hybridized carbons (Fsp3) is 0.417. The first-order chi connectivity index (χ1) is 14.7. The maximum Gasteiger partial charge on any atom is 0.236 e. The fourth-order valence-corrected chi connectivity index (χ4v) is 4.03. The van der Waals surface area contributed by atoms with Crippen LogP contribution >= 0.6 is 0 Å². The van der Waals surface area contributed by atoms with Crippen LogP contribution < -0.4 is 0 Å². The van der Waals surface area contributed by atoms with Gasteiger partial charge in [0.1, 0.15) is 0 Å². The number of rotatable bonds is 9. The van der Waals surface area contributed by atoms with Gasteiger partial charge in [0, 0.05) is 45.7 Å². The quantitative estimate of drug-likeness (QED) is 0.691. The van der Waals surface area contributed by atoms with Crippen LogP contribution in [0.15, 0.2) is 60.7 Å². The third kappa shape index (κ3) is 5.90. The summed E-state index contributed by atoms with van der Waals surface area (Å²) in [5, 5.41) is 18.0. The number of nitrogens with zero attached hydrogens (tertiary/aromatic N) is 4. The van der Waals surface area contributed by atoms with Gasteiger partial charge >= 0.3 is 0 Å². The molecule has 0 saturated carbocycles. The summed E-state index contributed by atoms with van der Waals surface area (Å²) in [4.78, 5) is 19.0. The Morgan fingerprint density at radius 1 is 0.967 bits per heavy atom. The lowest BCUT2D eigenvalue weighted by atomic mass is 9.96. The Kier molecular flexibility index (Phi) is 8.40. The Balaban J connectivity index is 1.64. The fourth-order valence-electron chi connectivity index (χ4n) is 4.03. The first-order valence-electron chi connectivity index (χ1n) is 10.5. The molecular weight excluding hydrogens is 376 g/mol. The molecule has 3 rings (SSSR count). The summed E-state index contributed by atoms with van der Waals surface area (Å²) in [6.07, 6.45) is 0.358. The van der Waals surface area contributed by atoms with Gasteiger partial charge in [-0.15, -0.1) is 0 Å². The highest BCUT2D eigenvalue weighted by Crippen LogP contribution is 2.29. The van der Waals surface area contributed by atoms with Crippen molar-refractivity contribution >= 4 is 5.91 Å². The van der Waals surface area contributed by atoms with E-state index in [1.165, 1.54) is 11.1 Å². The van der Waals surface area contributed by atoms with Crippen molar-refractivity contribution in [1.29, 1.82) is 5.26 Å². The standard InChI is InChI=1S/C24H30N4O2/c25-12-7-13-26(18-19-29)20-23(30)27-14-16-28(17-15-27)24(21-8-3-1-4-9-21)22-10-5-2-6-11-22/h1-6,8-11,24,29H,7,13-20H2. The Hall–Kier alpha value is -2.72. The zero-order valence-corrected chi connectivity index (χ0v) is 17.4. The van der Waals surface area contributed by atoms with Crippen LogP contribution in [0, 0.1) is 11.3 Å². The molecule has 158 valence electrons. The van der Waals surface area contributed by atoms with E-state index >= 15 is 0 Å². The van der Waals surface area contributed by atoms with Crippen LogP contribution in [0.1, 0.15) is 23.6 Å². The van der Waals surface area contributed by atoms with Crippen LogP contribution in [0.5, 0.6) is 0 Å². The molecule has 2 aromatic rings. The third-order valence-corrected chi connectivity index (χ3v) is 5.58. The molecule has 6 nitrogen and oxygen atoms in total. The van der Waals surface area contributed by atoms with E-state index in [4.69, 9.17) is 5.26 Å². The summed E-state index contributed by atoms with van der Waals surface area (Å²) in [5.41, 5.74) is 2.52. The van der Waals surface area contributed by atoms with E-state index in [9.17, 15) is 9.90 Å². The number of piperazine rings is 1. The summed E-state index contributed by atoms with van der Waals surface area (Å²) in [6, 6.07) is 23.3. The molecule has 30 heavy (non-hydrogen) atoms. The molecule has 0 aromatic heterocycles. The van der Waals surface area contributed by atoms with E-state index in [2.05, 4.69) is 59.5 Å². The first-order valence-corrected chi connectivity index (χ1v) is 10.5. The van der Waals surface area contributed by atoms with E-state index in [1.54, 1.807) is 0 Å². The van der Waals surface area contributed by atoms with Crippen LogP contribution in [0.2, 0.25) is 0 Å². The number of amides is 1. The number of carbonyl (C=O) groups excluding carboxylic acids is 1. The molecule has 1 aliphatic rings. The number of nitriles is 1. The van der Waals surface area contributed by atoms with Crippen LogP contribution in [0.4, 0.5) is 0 Å². The number of aliphatic hydroxyl groups is 1. The number of carbonyl (C=O) groups is 1. The number of benzene rings is 2. The molecule has 0 spiro atoms. The summed E-state index contributed by atoms with van der Waals surface area (Å²) >= 11 is 0. The number of hydrogen-bond donors (Lipinski definition) is 1. The van der Waals surface area contributed by atoms with E-state index in [-0.39, 0.29) is 25.1 Å². The predicted octanol–water partition coefficient (Wildman–Crippen LogP) is 2.13. The van der Waals surface area contributed by atoms with Gasteiger partial charge in [-0.3, -0.25) is 14.6 Å². The number of hydrogen-bond acceptors (Lipinski definition) is 5. The molecule has 1 saturated heterocycles. The smallest absolute Gasteiger partial charge is 0.236 e. The van der Waals surface area contributed by atoms with Crippen molar-refractivity contribution in [2.45, 2.75) is 12.5 Å². The van der Waals surface area contributed by atoms with Crippen molar-refractivity contribution in [2.24, 2.45) is 0 Å². The van der Waals surface area contributed by atoms with Crippen LogP contribution in [-0.2, 0) is 4.79 Å². The summed E-state index contributed by atoms with van der Waals surface area (Å²) in [7, 11) is 0. The highest BCUT2D eigenvalue weighted by molar-refractivity contribution is 5.78. The molecule has 1 fully saturated rings. The lowest BCUT2D eigenvalue weighted by molar-refractivity contribution is -0.134. The zero-order chi connectivity index (χ0) is 21.2. The van der Waals surface area contributed by atoms with Crippen LogP contribution in [0.3, 0.4) is 0 Å². The van der Waals surface area contributed by atoms with Gasteiger partial charge in [-0.05, 0) is 11.1 Å². The molecule has 0 unspecified atom stereocenters. The summed E-state index contributed by atoms with van der Waals surface area (Å²) < 4.78 is 0. The van der Waals surface area contributed by atoms with E-state index < -0.39 is 0 Å². The van der Waals surface area contributed by atoms with E-state index in [0.29, 0.717) is 32.6 Å². The average Bonchev–Trinajstić information content (AvgIpc) is 2.80. The van der Waals surface area contributed by atoms with E-state index in [1.807, 2.05) is 21.9 Å². The highest BCUT2D eigenvalue weighted by atomic mass is 16.3. The van der Waals surface area contributed by atoms with Gasteiger partial charge in [-0.2, -0.15) is 5.26 Å². The van der Waals surface area contributed by atoms with Crippen molar-refractivity contribution in [2.75, 3.05) is 52.4 Å². The topological polar surface area (TPSA) is 70.8 Å². The van der Waals surface area contributed by atoms with Gasteiger partial charge < -0.3 is 10.0 Å². The second kappa shape index (κ2) is 11.5. The maximum atomic E-state index is 12.8. The predicted molar refractivity (Wildman–Crippen MR) is 117 cm³/mol. The summed E-state index contributed by atoms with van der Waals surface area (Å²) in [5.74, 6) is 0.0667. The normalized spacial score (nSPS) is 14.8. The van der Waals surface area contributed by atoms with Crippen LogP contribution in [0.25, 0.3) is 0 Å². The lowest BCUT2D eigenvalue weighted by Crippen LogP contribution is -2.52. The molecule has 1 aliphatic heterocycles. The molecule has 1 amide bonds. The van der Waals surface area contributed by atoms with Crippen molar-refractivity contribution < 1.29 is 9.90 Å². The monoisotopic (exact) mass is 406 g/mol. The van der Waals surface area contributed by atoms with Gasteiger partial charge in [0.2, 0.25) is 5.91 Å². The van der Waals surface area contributed by atoms with E-state index in [0.717, 1.165) is 13.1 Å². The molecule has 2 aromatic carbocycles. The average molecular weight is 407 g/mol. The zero-order valence-electron chi connectivity index (χ0n) is 17.4. The van der Waals surface area contributed by atoms with Gasteiger partial charge in [0.15, 0.2) is 0 Å². The molecular formula is C24H30N4O2. The minimum absolute atomic E-state index is 0.0116. The third-order valence-electron chi connectivity index (χ3n) is 5.58. The SMILES string of the molecule is N#CCCN(CCO)CC(=O)N1CCN(C(c2ccccc2)c2ccccc2)CC1. The largest absolute Gasteiger partial charge is 0.395 e. The van der Waals surface area contributed by atoms with Crippen molar-refractivity contribution in [3.05, 3.63) is 71.8 Å². The Bertz CT molecular complexity index is 775. The van der Waals surface area contributed by atoms with Crippen LogP contribution in [-0.4, -0.2) is 78.1 Å². The molecule has 0 atom stereocenters.